The maximum atomic E-state index is 12.0. The Morgan fingerprint density at radius 2 is 1.57 bits per heavy atom. The first-order valence-corrected chi connectivity index (χ1v) is 9.41. The monoisotopic (exact) mass is 432 g/mol. The lowest BCUT2D eigenvalue weighted by atomic mass is 10.2. The zero-order chi connectivity index (χ0) is 19.9. The van der Waals surface area contributed by atoms with E-state index in [1.807, 2.05) is 12.1 Å². The van der Waals surface area contributed by atoms with Crippen molar-refractivity contribution in [2.24, 2.45) is 5.10 Å². The molecule has 0 radical (unpaired) electrons. The molecule has 3 aromatic rings. The zero-order valence-corrected chi connectivity index (χ0v) is 16.8. The molecule has 0 aliphatic rings. The van der Waals surface area contributed by atoms with Gasteiger partial charge in [0.15, 0.2) is 0 Å². The lowest BCUT2D eigenvalue weighted by molar-refractivity contribution is 0.0955. The van der Waals surface area contributed by atoms with E-state index in [9.17, 15) is 4.79 Å². The molecule has 0 fully saturated rings. The summed E-state index contributed by atoms with van der Waals surface area (Å²) in [6.07, 6.45) is 1.54. The van der Waals surface area contributed by atoms with Crippen molar-refractivity contribution in [3.05, 3.63) is 98.5 Å². The molecule has 0 aliphatic carbocycles. The molecule has 3 aromatic carbocycles. The Labute approximate surface area is 177 Å². The molecule has 0 heterocycles. The van der Waals surface area contributed by atoms with Gasteiger partial charge < -0.3 is 4.74 Å². The van der Waals surface area contributed by atoms with Crippen molar-refractivity contribution in [2.75, 3.05) is 0 Å². The summed E-state index contributed by atoms with van der Waals surface area (Å²) in [7, 11) is 0. The van der Waals surface area contributed by atoms with Crippen LogP contribution in [-0.2, 0) is 6.61 Å². The van der Waals surface area contributed by atoms with Crippen LogP contribution in [0.25, 0.3) is 0 Å². The molecule has 0 atom stereocenters. The van der Waals surface area contributed by atoms with E-state index in [0.717, 1.165) is 11.1 Å². The van der Waals surface area contributed by atoms with Gasteiger partial charge in [-0.15, -0.1) is 0 Å². The highest BCUT2D eigenvalue weighted by atomic mass is 35.5. The molecule has 1 amide bonds. The van der Waals surface area contributed by atoms with Crippen molar-refractivity contribution in [3.8, 4) is 5.75 Å². The van der Waals surface area contributed by atoms with E-state index in [0.29, 0.717) is 26.4 Å². The highest BCUT2D eigenvalue weighted by molar-refractivity contribution is 6.36. The average Bonchev–Trinajstić information content (AvgIpc) is 2.69. The molecule has 7 heteroatoms. The maximum Gasteiger partial charge on any atom is 0.271 e. The van der Waals surface area contributed by atoms with Gasteiger partial charge in [0.25, 0.3) is 5.91 Å². The summed E-state index contributed by atoms with van der Waals surface area (Å²) in [5, 5.41) is 5.65. The minimum absolute atomic E-state index is 0.267. The van der Waals surface area contributed by atoms with Gasteiger partial charge in [-0.2, -0.15) is 5.10 Å². The summed E-state index contributed by atoms with van der Waals surface area (Å²) in [6, 6.07) is 19.1. The number of nitrogens with one attached hydrogen (secondary N) is 1. The first kappa shape index (κ1) is 20.2. The van der Waals surface area contributed by atoms with E-state index in [2.05, 4.69) is 10.5 Å². The maximum absolute atomic E-state index is 12.0. The molecule has 1 N–H and O–H groups in total. The van der Waals surface area contributed by atoms with Crippen LogP contribution in [0.5, 0.6) is 5.75 Å². The van der Waals surface area contributed by atoms with E-state index < -0.39 is 0 Å². The molecule has 0 saturated carbocycles. The van der Waals surface area contributed by atoms with Crippen molar-refractivity contribution < 1.29 is 9.53 Å². The van der Waals surface area contributed by atoms with Gasteiger partial charge >= 0.3 is 0 Å². The predicted octanol–water partition coefficient (Wildman–Crippen LogP) is 5.99. The minimum atomic E-state index is -0.315. The number of rotatable bonds is 6. The molecule has 0 aromatic heterocycles. The van der Waals surface area contributed by atoms with Crippen LogP contribution < -0.4 is 10.2 Å². The second-order valence-corrected chi connectivity index (χ2v) is 7.01. The molecule has 0 aliphatic heterocycles. The fourth-order valence-corrected chi connectivity index (χ4v) is 2.94. The van der Waals surface area contributed by atoms with E-state index in [1.54, 1.807) is 60.8 Å². The summed E-state index contributed by atoms with van der Waals surface area (Å²) in [4.78, 5) is 12.0. The van der Waals surface area contributed by atoms with Crippen molar-refractivity contribution >= 4 is 46.9 Å². The first-order valence-electron chi connectivity index (χ1n) is 8.27. The molecule has 4 nitrogen and oxygen atoms in total. The van der Waals surface area contributed by atoms with E-state index in [4.69, 9.17) is 39.5 Å². The van der Waals surface area contributed by atoms with Gasteiger partial charge in [-0.3, -0.25) is 4.79 Å². The minimum Gasteiger partial charge on any atom is -0.489 e. The van der Waals surface area contributed by atoms with Crippen molar-refractivity contribution in [1.29, 1.82) is 0 Å². The van der Waals surface area contributed by atoms with Crippen LogP contribution in [0.15, 0.2) is 71.8 Å². The topological polar surface area (TPSA) is 50.7 Å². The number of hydrogen-bond acceptors (Lipinski definition) is 3. The van der Waals surface area contributed by atoms with Gasteiger partial charge in [-0.05, 0) is 66.2 Å². The van der Waals surface area contributed by atoms with Crippen molar-refractivity contribution in [3.63, 3.8) is 0 Å². The summed E-state index contributed by atoms with van der Waals surface area (Å²) < 4.78 is 5.72. The van der Waals surface area contributed by atoms with E-state index in [-0.39, 0.29) is 12.5 Å². The molecule has 142 valence electrons. The molecule has 0 spiro atoms. The van der Waals surface area contributed by atoms with Crippen LogP contribution in [0, 0.1) is 0 Å². The fraction of sp³-hybridized carbons (Fsp3) is 0.0476. The largest absolute Gasteiger partial charge is 0.489 e. The van der Waals surface area contributed by atoms with Gasteiger partial charge in [-0.1, -0.05) is 40.9 Å². The highest BCUT2D eigenvalue weighted by Crippen LogP contribution is 2.25. The number of amides is 1. The molecule has 3 rings (SSSR count). The number of carbonyl (C=O) groups is 1. The number of hydrazone groups is 1. The Morgan fingerprint density at radius 1 is 0.929 bits per heavy atom. The number of ether oxygens (including phenoxy) is 1. The van der Waals surface area contributed by atoms with Crippen molar-refractivity contribution in [1.82, 2.24) is 5.43 Å². The van der Waals surface area contributed by atoms with E-state index in [1.165, 1.54) is 0 Å². The van der Waals surface area contributed by atoms with Crippen LogP contribution >= 0.6 is 34.8 Å². The second kappa shape index (κ2) is 9.60. The normalized spacial score (nSPS) is 10.8. The Balaban J connectivity index is 1.54. The Hall–Kier alpha value is -2.53. The van der Waals surface area contributed by atoms with Crippen LogP contribution in [-0.4, -0.2) is 12.1 Å². The van der Waals surface area contributed by atoms with Crippen LogP contribution in [0.1, 0.15) is 21.5 Å². The van der Waals surface area contributed by atoms with Gasteiger partial charge in [0, 0.05) is 26.2 Å². The van der Waals surface area contributed by atoms with Crippen LogP contribution in [0.3, 0.4) is 0 Å². The Kier molecular flexibility index (Phi) is 6.93. The lowest BCUT2D eigenvalue weighted by Crippen LogP contribution is -2.17. The third-order valence-corrected chi connectivity index (χ3v) is 4.77. The summed E-state index contributed by atoms with van der Waals surface area (Å²) in [5.74, 6) is 0.350. The molecule has 28 heavy (non-hydrogen) atoms. The molecule has 0 bridgehead atoms. The average molecular weight is 434 g/mol. The van der Waals surface area contributed by atoms with Gasteiger partial charge in [-0.25, -0.2) is 5.43 Å². The molecule has 0 saturated heterocycles. The number of halogens is 3. The lowest BCUT2D eigenvalue weighted by Gasteiger charge is -2.09. The Morgan fingerprint density at radius 3 is 2.21 bits per heavy atom. The Bertz CT molecular complexity index is 967. The summed E-state index contributed by atoms with van der Waals surface area (Å²) >= 11 is 18.1. The predicted molar refractivity (Wildman–Crippen MR) is 114 cm³/mol. The van der Waals surface area contributed by atoms with Gasteiger partial charge in [0.05, 0.1) is 6.21 Å². The summed E-state index contributed by atoms with van der Waals surface area (Å²) in [5.41, 5.74) is 4.49. The first-order chi connectivity index (χ1) is 13.5. The summed E-state index contributed by atoms with van der Waals surface area (Å²) in [6.45, 7) is 0.267. The fourth-order valence-electron chi connectivity index (χ4n) is 2.31. The van der Waals surface area contributed by atoms with Gasteiger partial charge in [0.2, 0.25) is 0 Å². The van der Waals surface area contributed by atoms with E-state index >= 15 is 0 Å². The number of nitrogens with zero attached hydrogens (tertiary/aromatic N) is 1. The van der Waals surface area contributed by atoms with Crippen LogP contribution in [0.4, 0.5) is 0 Å². The SMILES string of the molecule is O=C(N/N=C\c1ccc(OCc2c(Cl)cccc2Cl)cc1)c1ccc(Cl)cc1. The molecular formula is C21H15Cl3N2O2. The molecule has 0 unspecified atom stereocenters. The number of carbonyl (C=O) groups excluding carboxylic acids is 1. The standard InChI is InChI=1S/C21H15Cl3N2O2/c22-16-8-6-15(7-9-16)21(27)26-25-12-14-4-10-17(11-5-14)28-13-18-19(23)2-1-3-20(18)24/h1-12H,13H2,(H,26,27)/b25-12-. The third-order valence-electron chi connectivity index (χ3n) is 3.81. The zero-order valence-electron chi connectivity index (χ0n) is 14.5. The number of hydrogen-bond donors (Lipinski definition) is 1. The van der Waals surface area contributed by atoms with Crippen LogP contribution in [0.2, 0.25) is 15.1 Å². The quantitative estimate of drug-likeness (QED) is 0.383. The number of benzene rings is 3. The smallest absolute Gasteiger partial charge is 0.271 e. The highest BCUT2D eigenvalue weighted by Gasteiger charge is 2.06. The third kappa shape index (κ3) is 5.49. The second-order valence-electron chi connectivity index (χ2n) is 5.76. The van der Waals surface area contributed by atoms with Crippen molar-refractivity contribution in [2.45, 2.75) is 6.61 Å². The van der Waals surface area contributed by atoms with Gasteiger partial charge in [0.1, 0.15) is 12.4 Å². The molecular weight excluding hydrogens is 419 g/mol.